The van der Waals surface area contributed by atoms with E-state index in [2.05, 4.69) is 15.0 Å². The molecule has 2 aromatic rings. The number of amides is 2. The second-order valence-electron chi connectivity index (χ2n) is 7.27. The molecule has 2 amide bonds. The molecule has 13 heteroatoms. The first-order valence-corrected chi connectivity index (χ1v) is 12.6. The molecule has 33 heavy (non-hydrogen) atoms. The lowest BCUT2D eigenvalue weighted by atomic mass is 10.0. The van der Waals surface area contributed by atoms with Gasteiger partial charge in [0.2, 0.25) is 21.8 Å². The minimum absolute atomic E-state index is 0.0688. The van der Waals surface area contributed by atoms with Gasteiger partial charge in [-0.2, -0.15) is 4.72 Å². The zero-order chi connectivity index (χ0) is 24.6. The smallest absolute Gasteiger partial charge is 0.243 e. The van der Waals surface area contributed by atoms with Crippen LogP contribution >= 0.6 is 22.9 Å². The van der Waals surface area contributed by atoms with Gasteiger partial charge in [-0.15, -0.1) is 11.3 Å². The predicted octanol–water partition coefficient (Wildman–Crippen LogP) is 0.623. The van der Waals surface area contributed by atoms with Crippen LogP contribution in [0.4, 0.5) is 0 Å². The second-order valence-corrected chi connectivity index (χ2v) is 10.8. The third-order valence-corrected chi connectivity index (χ3v) is 7.58. The number of halogens is 1. The number of carbonyl (C=O) groups excluding carboxylic acids is 2. The molecule has 0 fully saturated rings. The summed E-state index contributed by atoms with van der Waals surface area (Å²) < 4.78 is 28.3. The van der Waals surface area contributed by atoms with E-state index in [1.165, 1.54) is 6.07 Å². The molecule has 10 nitrogen and oxygen atoms in total. The van der Waals surface area contributed by atoms with E-state index < -0.39 is 33.9 Å². The highest BCUT2D eigenvalue weighted by Crippen LogP contribution is 2.30. The Bertz CT molecular complexity index is 1100. The molecule has 2 rings (SSSR count). The molecule has 0 radical (unpaired) electrons. The SMILES string of the molecule is Cc1cc(S(=O)(=O)N[C@@H](CCCN=C(N)N)C(=O)N[C@@H](Cc2ccccc2)C(N)=O)c(Cl)s1. The fourth-order valence-electron chi connectivity index (χ4n) is 2.99. The molecule has 0 bridgehead atoms. The van der Waals surface area contributed by atoms with E-state index in [1.54, 1.807) is 31.2 Å². The van der Waals surface area contributed by atoms with Gasteiger partial charge in [-0.3, -0.25) is 14.6 Å². The molecule has 0 unspecified atom stereocenters. The number of guanidine groups is 1. The molecule has 0 aliphatic rings. The van der Waals surface area contributed by atoms with Crippen LogP contribution in [0.1, 0.15) is 23.3 Å². The topological polar surface area (TPSA) is 183 Å². The molecule has 2 atom stereocenters. The first-order chi connectivity index (χ1) is 15.5. The number of aliphatic imine (C=N–C) groups is 1. The van der Waals surface area contributed by atoms with Gasteiger partial charge in [0.25, 0.3) is 0 Å². The van der Waals surface area contributed by atoms with Crippen LogP contribution in [0.2, 0.25) is 4.34 Å². The van der Waals surface area contributed by atoms with Crippen molar-refractivity contribution in [1.82, 2.24) is 10.0 Å². The van der Waals surface area contributed by atoms with E-state index >= 15 is 0 Å². The van der Waals surface area contributed by atoms with E-state index in [0.29, 0.717) is 11.3 Å². The molecule has 0 aliphatic carbocycles. The molecule has 1 aromatic heterocycles. The molecule has 0 aliphatic heterocycles. The lowest BCUT2D eigenvalue weighted by molar-refractivity contribution is -0.128. The number of primary amides is 1. The maximum Gasteiger partial charge on any atom is 0.243 e. The number of thiophene rings is 1. The van der Waals surface area contributed by atoms with Crippen LogP contribution in [-0.4, -0.2) is 44.8 Å². The number of carbonyl (C=O) groups is 2. The molecule has 0 saturated heterocycles. The van der Waals surface area contributed by atoms with Crippen molar-refractivity contribution in [3.8, 4) is 0 Å². The first kappa shape index (κ1) is 26.6. The van der Waals surface area contributed by atoms with Crippen LogP contribution in [0.15, 0.2) is 46.3 Å². The lowest BCUT2D eigenvalue weighted by Crippen LogP contribution is -2.53. The van der Waals surface area contributed by atoms with E-state index in [4.69, 9.17) is 28.8 Å². The summed E-state index contributed by atoms with van der Waals surface area (Å²) in [5, 5.41) is 2.55. The quantitative estimate of drug-likeness (QED) is 0.157. The minimum Gasteiger partial charge on any atom is -0.370 e. The van der Waals surface area contributed by atoms with E-state index in [1.807, 2.05) is 6.07 Å². The third-order valence-electron chi connectivity index (χ3n) is 4.57. The van der Waals surface area contributed by atoms with Crippen LogP contribution in [0.3, 0.4) is 0 Å². The summed E-state index contributed by atoms with van der Waals surface area (Å²) in [5.74, 6) is -1.56. The minimum atomic E-state index is -4.12. The zero-order valence-electron chi connectivity index (χ0n) is 18.0. The summed E-state index contributed by atoms with van der Waals surface area (Å²) in [4.78, 5) is 29.4. The predicted molar refractivity (Wildman–Crippen MR) is 129 cm³/mol. The van der Waals surface area contributed by atoms with Gasteiger partial charge in [0.05, 0.1) is 0 Å². The van der Waals surface area contributed by atoms with Gasteiger partial charge in [-0.05, 0) is 31.4 Å². The highest BCUT2D eigenvalue weighted by Gasteiger charge is 2.30. The number of hydrogen-bond acceptors (Lipinski definition) is 6. The monoisotopic (exact) mass is 514 g/mol. The van der Waals surface area contributed by atoms with Crippen LogP contribution in [0, 0.1) is 6.92 Å². The summed E-state index contributed by atoms with van der Waals surface area (Å²) in [7, 11) is -4.12. The maximum atomic E-state index is 13.0. The second kappa shape index (κ2) is 12.0. The van der Waals surface area contributed by atoms with Crippen molar-refractivity contribution < 1.29 is 18.0 Å². The largest absolute Gasteiger partial charge is 0.370 e. The van der Waals surface area contributed by atoms with E-state index in [0.717, 1.165) is 16.9 Å². The summed E-state index contributed by atoms with van der Waals surface area (Å²) in [6, 6.07) is 8.17. The highest BCUT2D eigenvalue weighted by molar-refractivity contribution is 7.89. The number of hydrogen-bond donors (Lipinski definition) is 5. The third kappa shape index (κ3) is 8.31. The Hall–Kier alpha value is -2.67. The van der Waals surface area contributed by atoms with E-state index in [9.17, 15) is 18.0 Å². The fourth-order valence-corrected chi connectivity index (χ4v) is 6.13. The van der Waals surface area contributed by atoms with Gasteiger partial charge < -0.3 is 22.5 Å². The fraction of sp³-hybridized carbons (Fsp3) is 0.350. The van der Waals surface area contributed by atoms with Crippen molar-refractivity contribution in [2.24, 2.45) is 22.2 Å². The van der Waals surface area contributed by atoms with Crippen molar-refractivity contribution in [1.29, 1.82) is 0 Å². The molecular formula is C20H27ClN6O4S2. The molecule has 0 saturated carbocycles. The van der Waals surface area contributed by atoms with Gasteiger partial charge in [-0.1, -0.05) is 41.9 Å². The summed E-state index contributed by atoms with van der Waals surface area (Å²) in [6.07, 6.45) is 0.527. The molecule has 1 aromatic carbocycles. The number of benzene rings is 1. The maximum absolute atomic E-state index is 13.0. The summed E-state index contributed by atoms with van der Waals surface area (Å²) >= 11 is 7.17. The standard InChI is InChI=1S/C20H27ClN6O4S2/c1-12-10-16(17(21)32-12)33(30,31)27-14(8-5-9-25-20(23)24)19(29)26-15(18(22)28)11-13-6-3-2-4-7-13/h2-4,6-7,10,14-15,27H,5,8-9,11H2,1H3,(H2,22,28)(H,26,29)(H4,23,24,25)/t14-,15-/m0/s1. The molecule has 1 heterocycles. The van der Waals surface area contributed by atoms with Gasteiger partial charge >= 0.3 is 0 Å². The molecule has 8 N–H and O–H groups in total. The summed E-state index contributed by atoms with van der Waals surface area (Å²) in [6.45, 7) is 1.91. The number of sulfonamides is 1. The van der Waals surface area contributed by atoms with Gasteiger partial charge in [0.15, 0.2) is 5.96 Å². The first-order valence-electron chi connectivity index (χ1n) is 9.97. The van der Waals surface area contributed by atoms with Gasteiger partial charge in [0.1, 0.15) is 21.3 Å². The Morgan fingerprint density at radius 2 is 1.82 bits per heavy atom. The van der Waals surface area contributed by atoms with Crippen LogP contribution < -0.4 is 27.2 Å². The van der Waals surface area contributed by atoms with E-state index in [-0.39, 0.29) is 34.6 Å². The van der Waals surface area contributed by atoms with Crippen molar-refractivity contribution in [2.75, 3.05) is 6.54 Å². The van der Waals surface area contributed by atoms with Crippen molar-refractivity contribution in [3.63, 3.8) is 0 Å². The Kier molecular flexibility index (Phi) is 9.65. The van der Waals surface area contributed by atoms with Crippen molar-refractivity contribution in [2.45, 2.75) is 43.2 Å². The summed E-state index contributed by atoms with van der Waals surface area (Å²) in [5.41, 5.74) is 16.9. The van der Waals surface area contributed by atoms with Crippen LogP contribution in [0.25, 0.3) is 0 Å². The normalized spacial score (nSPS) is 13.2. The number of rotatable bonds is 12. The van der Waals surface area contributed by atoms with Crippen molar-refractivity contribution in [3.05, 3.63) is 51.2 Å². The van der Waals surface area contributed by atoms with Gasteiger partial charge in [0, 0.05) is 17.8 Å². The molecule has 180 valence electrons. The Morgan fingerprint density at radius 1 is 1.15 bits per heavy atom. The number of nitrogens with zero attached hydrogens (tertiary/aromatic N) is 1. The van der Waals surface area contributed by atoms with Crippen molar-refractivity contribution >= 4 is 50.7 Å². The molecular weight excluding hydrogens is 488 g/mol. The van der Waals surface area contributed by atoms with Gasteiger partial charge in [-0.25, -0.2) is 8.42 Å². The zero-order valence-corrected chi connectivity index (χ0v) is 20.3. The highest BCUT2D eigenvalue weighted by atomic mass is 35.5. The number of nitrogens with two attached hydrogens (primary N) is 3. The average Bonchev–Trinajstić information content (AvgIpc) is 3.09. The lowest BCUT2D eigenvalue weighted by Gasteiger charge is -2.22. The average molecular weight is 515 g/mol. The number of aryl methyl sites for hydroxylation is 1. The Labute approximate surface area is 201 Å². The Balaban J connectivity index is 2.21. The molecule has 0 spiro atoms. The van der Waals surface area contributed by atoms with Crippen LogP contribution in [0.5, 0.6) is 0 Å². The Morgan fingerprint density at radius 3 is 2.36 bits per heavy atom. The van der Waals surface area contributed by atoms with Crippen LogP contribution in [-0.2, 0) is 26.0 Å². The number of nitrogens with one attached hydrogen (secondary N) is 2.